The van der Waals surface area contributed by atoms with Gasteiger partial charge in [-0.05, 0) is 17.2 Å². The number of nitrogens with zero attached hydrogens (tertiary/aromatic N) is 2. The van der Waals surface area contributed by atoms with Crippen LogP contribution in [0.5, 0.6) is 6.01 Å². The third-order valence-electron chi connectivity index (χ3n) is 4.93. The monoisotopic (exact) mass is 407 g/mol. The van der Waals surface area contributed by atoms with Crippen LogP contribution in [0.2, 0.25) is 5.02 Å². The van der Waals surface area contributed by atoms with Crippen molar-refractivity contribution in [2.45, 2.75) is 12.2 Å². The van der Waals surface area contributed by atoms with Gasteiger partial charge in [-0.25, -0.2) is 4.98 Å². The summed E-state index contributed by atoms with van der Waals surface area (Å²) in [6.45, 7) is 0.587. The van der Waals surface area contributed by atoms with Crippen molar-refractivity contribution in [3.05, 3.63) is 65.7 Å². The summed E-state index contributed by atoms with van der Waals surface area (Å²) < 4.78 is 10.9. The molecule has 0 spiro atoms. The highest BCUT2D eigenvalue weighted by atomic mass is 35.5. The Balaban J connectivity index is 1.44. The molecule has 29 heavy (non-hydrogen) atoms. The molecule has 2 atom stereocenters. The van der Waals surface area contributed by atoms with E-state index >= 15 is 0 Å². The molecule has 0 bridgehead atoms. The van der Waals surface area contributed by atoms with E-state index < -0.39 is 12.2 Å². The van der Waals surface area contributed by atoms with Crippen LogP contribution in [0.3, 0.4) is 0 Å². The summed E-state index contributed by atoms with van der Waals surface area (Å²) in [5, 5.41) is 10.4. The van der Waals surface area contributed by atoms with E-state index in [1.807, 2.05) is 42.5 Å². The molecule has 1 aliphatic rings. The summed E-state index contributed by atoms with van der Waals surface area (Å²) in [6.07, 6.45) is -1.12. The summed E-state index contributed by atoms with van der Waals surface area (Å²) in [5.41, 5.74) is 5.01. The molecule has 6 nitrogen and oxygen atoms in total. The van der Waals surface area contributed by atoms with Gasteiger partial charge in [-0.3, -0.25) is 0 Å². The number of fused-ring (bicyclic) bond motifs is 1. The van der Waals surface area contributed by atoms with Crippen LogP contribution in [0.1, 0.15) is 0 Å². The Bertz CT molecular complexity index is 1150. The Hall–Kier alpha value is -2.93. The van der Waals surface area contributed by atoms with E-state index in [4.69, 9.17) is 21.1 Å². The first-order valence-corrected chi connectivity index (χ1v) is 9.70. The first-order valence-electron chi connectivity index (χ1n) is 9.32. The number of aromatic amines is 1. The van der Waals surface area contributed by atoms with Crippen molar-refractivity contribution in [1.82, 2.24) is 15.0 Å². The van der Waals surface area contributed by atoms with Crippen LogP contribution < -0.4 is 4.74 Å². The van der Waals surface area contributed by atoms with E-state index in [1.165, 1.54) is 0 Å². The molecule has 2 aromatic carbocycles. The SMILES string of the molecule is O[C@H]1COC[C@@H]1Oc1nc2nc(-c3ccc(-c4ccccc4)cc3)c(Cl)cc2[nH]1. The molecule has 2 aromatic heterocycles. The van der Waals surface area contributed by atoms with Gasteiger partial charge in [0.2, 0.25) is 0 Å². The highest BCUT2D eigenvalue weighted by Gasteiger charge is 2.29. The fraction of sp³-hybridized carbons (Fsp3) is 0.182. The highest BCUT2D eigenvalue weighted by molar-refractivity contribution is 6.33. The quantitative estimate of drug-likeness (QED) is 0.532. The van der Waals surface area contributed by atoms with Crippen molar-refractivity contribution in [3.63, 3.8) is 0 Å². The average Bonchev–Trinajstić information content (AvgIpc) is 3.33. The standard InChI is InChI=1S/C22H18ClN3O3/c23-16-10-17-21(26-22(24-17)29-19-12-28-11-18(19)27)25-20(16)15-8-6-14(7-9-15)13-4-2-1-3-5-13/h1-10,18-19,27H,11-12H2,(H,24,25,26)/t18-,19-/m0/s1. The molecular weight excluding hydrogens is 390 g/mol. The summed E-state index contributed by atoms with van der Waals surface area (Å²) in [4.78, 5) is 12.0. The lowest BCUT2D eigenvalue weighted by molar-refractivity contribution is 0.0679. The van der Waals surface area contributed by atoms with E-state index in [2.05, 4.69) is 27.1 Å². The molecule has 4 aromatic rings. The van der Waals surface area contributed by atoms with Crippen LogP contribution >= 0.6 is 11.6 Å². The Labute approximate surface area is 172 Å². The van der Waals surface area contributed by atoms with Gasteiger partial charge in [0.15, 0.2) is 11.8 Å². The third-order valence-corrected chi connectivity index (χ3v) is 5.22. The second kappa shape index (κ2) is 7.48. The maximum atomic E-state index is 9.84. The van der Waals surface area contributed by atoms with Crippen LogP contribution in [0.15, 0.2) is 60.7 Å². The van der Waals surface area contributed by atoms with Crippen molar-refractivity contribution in [1.29, 1.82) is 0 Å². The third kappa shape index (κ3) is 3.58. The zero-order valence-electron chi connectivity index (χ0n) is 15.4. The van der Waals surface area contributed by atoms with Gasteiger partial charge in [0.05, 0.1) is 29.4 Å². The molecule has 3 heterocycles. The Morgan fingerprint density at radius 1 is 0.966 bits per heavy atom. The first kappa shape index (κ1) is 18.1. The fourth-order valence-electron chi connectivity index (χ4n) is 3.38. The predicted molar refractivity (Wildman–Crippen MR) is 111 cm³/mol. The Morgan fingerprint density at radius 3 is 2.41 bits per heavy atom. The number of hydrogen-bond acceptors (Lipinski definition) is 5. The number of pyridine rings is 1. The molecule has 0 amide bonds. The van der Waals surface area contributed by atoms with Crippen LogP contribution in [-0.2, 0) is 4.74 Å². The maximum absolute atomic E-state index is 9.84. The summed E-state index contributed by atoms with van der Waals surface area (Å²) >= 11 is 6.49. The summed E-state index contributed by atoms with van der Waals surface area (Å²) in [5.74, 6) is 0. The second-order valence-corrected chi connectivity index (χ2v) is 7.34. The Morgan fingerprint density at radius 2 is 1.69 bits per heavy atom. The largest absolute Gasteiger partial charge is 0.456 e. The molecule has 1 fully saturated rings. The second-order valence-electron chi connectivity index (χ2n) is 6.94. The van der Waals surface area contributed by atoms with Gasteiger partial charge in [-0.15, -0.1) is 0 Å². The lowest BCUT2D eigenvalue weighted by atomic mass is 10.0. The molecule has 1 saturated heterocycles. The summed E-state index contributed by atoms with van der Waals surface area (Å²) in [6, 6.07) is 20.3. The number of aliphatic hydroxyl groups is 1. The number of benzene rings is 2. The van der Waals surface area contributed by atoms with Crippen LogP contribution in [-0.4, -0.2) is 45.5 Å². The van der Waals surface area contributed by atoms with Crippen molar-refractivity contribution < 1.29 is 14.6 Å². The fourth-order valence-corrected chi connectivity index (χ4v) is 3.64. The van der Waals surface area contributed by atoms with Gasteiger partial charge in [-0.1, -0.05) is 66.2 Å². The molecule has 0 unspecified atom stereocenters. The van der Waals surface area contributed by atoms with Crippen LogP contribution in [0.4, 0.5) is 0 Å². The number of imidazole rings is 1. The van der Waals surface area contributed by atoms with Crippen molar-refractivity contribution >= 4 is 22.8 Å². The number of hydrogen-bond donors (Lipinski definition) is 2. The zero-order chi connectivity index (χ0) is 19.8. The molecular formula is C22H18ClN3O3. The molecule has 0 radical (unpaired) electrons. The van der Waals surface area contributed by atoms with Gasteiger partial charge < -0.3 is 19.6 Å². The number of halogens is 1. The van der Waals surface area contributed by atoms with E-state index in [1.54, 1.807) is 6.07 Å². The molecule has 0 aliphatic carbocycles. The lowest BCUT2D eigenvalue weighted by Gasteiger charge is -2.11. The first-order chi connectivity index (χ1) is 14.2. The zero-order valence-corrected chi connectivity index (χ0v) is 16.1. The minimum Gasteiger partial charge on any atom is -0.456 e. The highest BCUT2D eigenvalue weighted by Crippen LogP contribution is 2.31. The van der Waals surface area contributed by atoms with Gasteiger partial charge in [0.1, 0.15) is 6.10 Å². The minimum absolute atomic E-state index is 0.262. The normalized spacial score (nSPS) is 19.0. The van der Waals surface area contributed by atoms with Crippen molar-refractivity contribution in [2.75, 3.05) is 13.2 Å². The topological polar surface area (TPSA) is 80.3 Å². The van der Waals surface area contributed by atoms with Crippen LogP contribution in [0, 0.1) is 0 Å². The van der Waals surface area contributed by atoms with Crippen molar-refractivity contribution in [3.8, 4) is 28.4 Å². The number of rotatable bonds is 4. The number of ether oxygens (including phenoxy) is 2. The van der Waals surface area contributed by atoms with E-state index in [9.17, 15) is 5.11 Å². The van der Waals surface area contributed by atoms with E-state index in [0.29, 0.717) is 28.5 Å². The number of nitrogens with one attached hydrogen (secondary N) is 1. The average molecular weight is 408 g/mol. The van der Waals surface area contributed by atoms with Crippen molar-refractivity contribution in [2.24, 2.45) is 0 Å². The molecule has 1 aliphatic heterocycles. The van der Waals surface area contributed by atoms with Crippen LogP contribution in [0.25, 0.3) is 33.5 Å². The van der Waals surface area contributed by atoms with E-state index in [-0.39, 0.29) is 12.6 Å². The molecule has 0 saturated carbocycles. The summed E-state index contributed by atoms with van der Waals surface area (Å²) in [7, 11) is 0. The molecule has 146 valence electrons. The van der Waals surface area contributed by atoms with E-state index in [0.717, 1.165) is 16.7 Å². The van der Waals surface area contributed by atoms with Gasteiger partial charge >= 0.3 is 0 Å². The van der Waals surface area contributed by atoms with Gasteiger partial charge in [0, 0.05) is 5.56 Å². The Kier molecular flexibility index (Phi) is 4.67. The predicted octanol–water partition coefficient (Wildman–Crippen LogP) is 4.08. The smallest absolute Gasteiger partial charge is 0.296 e. The maximum Gasteiger partial charge on any atom is 0.296 e. The molecule has 7 heteroatoms. The van der Waals surface area contributed by atoms with Gasteiger partial charge in [-0.2, -0.15) is 4.98 Å². The number of aliphatic hydroxyl groups excluding tert-OH is 1. The van der Waals surface area contributed by atoms with Gasteiger partial charge in [0.25, 0.3) is 6.01 Å². The number of aromatic nitrogens is 3. The number of H-pyrrole nitrogens is 1. The lowest BCUT2D eigenvalue weighted by Crippen LogP contribution is -2.30. The molecule has 5 rings (SSSR count). The minimum atomic E-state index is -0.668. The molecule has 2 N–H and O–H groups in total.